The van der Waals surface area contributed by atoms with Crippen molar-refractivity contribution in [2.45, 2.75) is 6.92 Å². The molecule has 1 amide bonds. The number of hydrogen-bond donors (Lipinski definition) is 1. The van der Waals surface area contributed by atoms with E-state index in [0.717, 1.165) is 5.56 Å². The summed E-state index contributed by atoms with van der Waals surface area (Å²) in [4.78, 5) is 24.2. The maximum Gasteiger partial charge on any atom is 0.346 e. The van der Waals surface area contributed by atoms with Gasteiger partial charge in [-0.15, -0.1) is 0 Å². The molecule has 0 aromatic heterocycles. The van der Waals surface area contributed by atoms with Gasteiger partial charge in [0.15, 0.2) is 0 Å². The SMILES string of the molecule is Cc1ccc(NC(=O)c2ccc(OC(=O)c3ccccc3F)cc2)cc1. The van der Waals surface area contributed by atoms with Gasteiger partial charge in [-0.25, -0.2) is 9.18 Å². The molecular weight excluding hydrogens is 333 g/mol. The zero-order valence-corrected chi connectivity index (χ0v) is 14.0. The molecular formula is C21H16FNO3. The third-order valence-electron chi connectivity index (χ3n) is 3.73. The fourth-order valence-corrected chi connectivity index (χ4v) is 2.30. The average molecular weight is 349 g/mol. The van der Waals surface area contributed by atoms with Crippen molar-refractivity contribution in [3.63, 3.8) is 0 Å². The smallest absolute Gasteiger partial charge is 0.346 e. The largest absolute Gasteiger partial charge is 0.423 e. The van der Waals surface area contributed by atoms with Crippen molar-refractivity contribution in [1.82, 2.24) is 0 Å². The summed E-state index contributed by atoms with van der Waals surface area (Å²) in [7, 11) is 0. The lowest BCUT2D eigenvalue weighted by atomic mass is 10.2. The van der Waals surface area contributed by atoms with E-state index < -0.39 is 11.8 Å². The Balaban J connectivity index is 1.66. The van der Waals surface area contributed by atoms with Gasteiger partial charge < -0.3 is 10.1 Å². The van der Waals surface area contributed by atoms with E-state index in [4.69, 9.17) is 4.74 Å². The quantitative estimate of drug-likeness (QED) is 0.553. The molecule has 0 spiro atoms. The molecule has 4 nitrogen and oxygen atoms in total. The Morgan fingerprint density at radius 2 is 1.54 bits per heavy atom. The second-order valence-electron chi connectivity index (χ2n) is 5.71. The first-order chi connectivity index (χ1) is 12.5. The van der Waals surface area contributed by atoms with Gasteiger partial charge in [-0.1, -0.05) is 29.8 Å². The van der Waals surface area contributed by atoms with Crippen LogP contribution in [-0.2, 0) is 0 Å². The lowest BCUT2D eigenvalue weighted by Crippen LogP contribution is -2.13. The topological polar surface area (TPSA) is 55.4 Å². The molecule has 26 heavy (non-hydrogen) atoms. The fraction of sp³-hybridized carbons (Fsp3) is 0.0476. The summed E-state index contributed by atoms with van der Waals surface area (Å²) in [6.07, 6.45) is 0. The highest BCUT2D eigenvalue weighted by molar-refractivity contribution is 6.04. The monoisotopic (exact) mass is 349 g/mol. The normalized spacial score (nSPS) is 10.2. The van der Waals surface area contributed by atoms with Crippen LogP contribution < -0.4 is 10.1 Å². The number of benzene rings is 3. The Kier molecular flexibility index (Phi) is 5.08. The number of amides is 1. The van der Waals surface area contributed by atoms with Crippen molar-refractivity contribution in [3.05, 3.63) is 95.3 Å². The number of anilines is 1. The number of aryl methyl sites for hydroxylation is 1. The molecule has 0 heterocycles. The van der Waals surface area contributed by atoms with E-state index in [1.54, 1.807) is 6.07 Å². The zero-order valence-electron chi connectivity index (χ0n) is 14.0. The maximum absolute atomic E-state index is 13.6. The van der Waals surface area contributed by atoms with Crippen LogP contribution in [0, 0.1) is 12.7 Å². The van der Waals surface area contributed by atoms with Gasteiger partial charge in [0.05, 0.1) is 5.56 Å². The first-order valence-electron chi connectivity index (χ1n) is 7.98. The van der Waals surface area contributed by atoms with Gasteiger partial charge in [-0.2, -0.15) is 0 Å². The van der Waals surface area contributed by atoms with Crippen LogP contribution in [0.3, 0.4) is 0 Å². The Morgan fingerprint density at radius 1 is 0.885 bits per heavy atom. The highest BCUT2D eigenvalue weighted by Crippen LogP contribution is 2.17. The first kappa shape index (κ1) is 17.4. The van der Waals surface area contributed by atoms with E-state index in [9.17, 15) is 14.0 Å². The summed E-state index contributed by atoms with van der Waals surface area (Å²) in [5.74, 6) is -1.49. The number of esters is 1. The molecule has 3 aromatic carbocycles. The minimum Gasteiger partial charge on any atom is -0.423 e. The van der Waals surface area contributed by atoms with Gasteiger partial charge in [0.25, 0.3) is 5.91 Å². The second-order valence-corrected chi connectivity index (χ2v) is 5.71. The van der Waals surface area contributed by atoms with Crippen LogP contribution in [0.15, 0.2) is 72.8 Å². The lowest BCUT2D eigenvalue weighted by molar-refractivity contribution is 0.0730. The molecule has 0 atom stereocenters. The Morgan fingerprint density at radius 3 is 2.19 bits per heavy atom. The van der Waals surface area contributed by atoms with Crippen molar-refractivity contribution in [3.8, 4) is 5.75 Å². The summed E-state index contributed by atoms with van der Waals surface area (Å²) >= 11 is 0. The number of halogens is 1. The van der Waals surface area contributed by atoms with Gasteiger partial charge in [-0.05, 0) is 55.5 Å². The molecule has 0 aliphatic rings. The fourth-order valence-electron chi connectivity index (χ4n) is 2.30. The molecule has 0 aliphatic carbocycles. The molecule has 0 fully saturated rings. The van der Waals surface area contributed by atoms with Gasteiger partial charge in [0, 0.05) is 11.3 Å². The van der Waals surface area contributed by atoms with Crippen molar-refractivity contribution in [2.24, 2.45) is 0 Å². The summed E-state index contributed by atoms with van der Waals surface area (Å²) < 4.78 is 18.7. The van der Waals surface area contributed by atoms with Crippen LogP contribution in [0.2, 0.25) is 0 Å². The molecule has 1 N–H and O–H groups in total. The van der Waals surface area contributed by atoms with Gasteiger partial charge in [0.2, 0.25) is 0 Å². The van der Waals surface area contributed by atoms with Crippen molar-refractivity contribution >= 4 is 17.6 Å². The van der Waals surface area contributed by atoms with Crippen molar-refractivity contribution in [1.29, 1.82) is 0 Å². The average Bonchev–Trinajstić information content (AvgIpc) is 2.64. The van der Waals surface area contributed by atoms with E-state index in [-0.39, 0.29) is 17.2 Å². The predicted octanol–water partition coefficient (Wildman–Crippen LogP) is 4.61. The standard InChI is InChI=1S/C21H16FNO3/c1-14-6-10-16(11-7-14)23-20(24)15-8-12-17(13-9-15)26-21(25)18-4-2-3-5-19(18)22/h2-13H,1H3,(H,23,24). The number of carbonyl (C=O) groups excluding carboxylic acids is 2. The van der Waals surface area contributed by atoms with Gasteiger partial charge >= 0.3 is 5.97 Å². The molecule has 3 aromatic rings. The van der Waals surface area contributed by atoms with E-state index in [1.807, 2.05) is 31.2 Å². The molecule has 0 saturated heterocycles. The Hall–Kier alpha value is -3.47. The number of rotatable bonds is 4. The minimum absolute atomic E-state index is 0.145. The Bertz CT molecular complexity index is 934. The Labute approximate surface area is 150 Å². The van der Waals surface area contributed by atoms with Crippen LogP contribution in [-0.4, -0.2) is 11.9 Å². The highest BCUT2D eigenvalue weighted by atomic mass is 19.1. The van der Waals surface area contributed by atoms with Crippen molar-refractivity contribution in [2.75, 3.05) is 5.32 Å². The van der Waals surface area contributed by atoms with Crippen molar-refractivity contribution < 1.29 is 18.7 Å². The number of carbonyl (C=O) groups is 2. The molecule has 0 aliphatic heterocycles. The molecule has 0 unspecified atom stereocenters. The summed E-state index contributed by atoms with van der Waals surface area (Å²) in [5, 5.41) is 2.78. The minimum atomic E-state index is -0.792. The van der Waals surface area contributed by atoms with E-state index in [1.165, 1.54) is 42.5 Å². The predicted molar refractivity (Wildman–Crippen MR) is 96.9 cm³/mol. The highest BCUT2D eigenvalue weighted by Gasteiger charge is 2.14. The molecule has 5 heteroatoms. The number of hydrogen-bond acceptors (Lipinski definition) is 3. The first-order valence-corrected chi connectivity index (χ1v) is 7.98. The maximum atomic E-state index is 13.6. The molecule has 130 valence electrons. The molecule has 0 saturated carbocycles. The lowest BCUT2D eigenvalue weighted by Gasteiger charge is -2.08. The van der Waals surface area contributed by atoms with Crippen LogP contribution in [0.5, 0.6) is 5.75 Å². The third kappa shape index (κ3) is 4.13. The van der Waals surface area contributed by atoms with E-state index in [0.29, 0.717) is 11.3 Å². The summed E-state index contributed by atoms with van der Waals surface area (Å²) in [6, 6.07) is 19.1. The van der Waals surface area contributed by atoms with Crippen LogP contribution >= 0.6 is 0 Å². The summed E-state index contributed by atoms with van der Waals surface area (Å²) in [5.41, 5.74) is 2.06. The third-order valence-corrected chi connectivity index (χ3v) is 3.73. The van der Waals surface area contributed by atoms with E-state index >= 15 is 0 Å². The molecule has 0 bridgehead atoms. The van der Waals surface area contributed by atoms with Crippen LogP contribution in [0.25, 0.3) is 0 Å². The van der Waals surface area contributed by atoms with Crippen LogP contribution in [0.4, 0.5) is 10.1 Å². The molecule has 0 radical (unpaired) electrons. The summed E-state index contributed by atoms with van der Waals surface area (Å²) in [6.45, 7) is 1.97. The van der Waals surface area contributed by atoms with Gasteiger partial charge in [-0.3, -0.25) is 4.79 Å². The zero-order chi connectivity index (χ0) is 18.5. The number of ether oxygens (including phenoxy) is 1. The number of nitrogens with one attached hydrogen (secondary N) is 1. The van der Waals surface area contributed by atoms with E-state index in [2.05, 4.69) is 5.32 Å². The van der Waals surface area contributed by atoms with Gasteiger partial charge in [0.1, 0.15) is 11.6 Å². The van der Waals surface area contributed by atoms with Crippen LogP contribution in [0.1, 0.15) is 26.3 Å². The second kappa shape index (κ2) is 7.61. The molecule has 3 rings (SSSR count).